The molecule has 2 atom stereocenters. The zero-order valence-electron chi connectivity index (χ0n) is 16.2. The third-order valence-electron chi connectivity index (χ3n) is 5.38. The van der Waals surface area contributed by atoms with E-state index in [1.807, 2.05) is 30.3 Å². The second kappa shape index (κ2) is 10.8. The number of aliphatic hydroxyl groups is 1. The molecular formula is C22H30ClNO4. The highest BCUT2D eigenvalue weighted by atomic mass is 35.5. The molecule has 154 valence electrons. The van der Waals surface area contributed by atoms with E-state index < -0.39 is 6.29 Å². The van der Waals surface area contributed by atoms with Crippen molar-refractivity contribution in [3.63, 3.8) is 0 Å². The lowest BCUT2D eigenvalue weighted by atomic mass is 9.92. The van der Waals surface area contributed by atoms with Crippen LogP contribution in [0, 0.1) is 0 Å². The largest absolute Gasteiger partial charge is 0.459 e. The molecule has 0 spiro atoms. The number of halogens is 1. The SMILES string of the molecule is O=C(NC1CCCCC1)C1=C[C@H](c2ccc(Cl)cc2)C[C@H](OCCCCO)O1. The quantitative estimate of drug-likeness (QED) is 0.631. The number of hydrogen-bond acceptors (Lipinski definition) is 4. The van der Waals surface area contributed by atoms with E-state index in [4.69, 9.17) is 26.2 Å². The van der Waals surface area contributed by atoms with E-state index in [0.29, 0.717) is 30.2 Å². The normalized spacial score (nSPS) is 23.0. The van der Waals surface area contributed by atoms with Gasteiger partial charge in [-0.1, -0.05) is 43.0 Å². The maximum atomic E-state index is 12.8. The van der Waals surface area contributed by atoms with Gasteiger partial charge in [0.05, 0.1) is 6.61 Å². The van der Waals surface area contributed by atoms with Crippen LogP contribution in [0.1, 0.15) is 62.8 Å². The fraction of sp³-hybridized carbons (Fsp3) is 0.591. The number of aliphatic hydroxyl groups excluding tert-OH is 1. The van der Waals surface area contributed by atoms with Crippen molar-refractivity contribution in [3.05, 3.63) is 46.7 Å². The van der Waals surface area contributed by atoms with Gasteiger partial charge in [-0.15, -0.1) is 0 Å². The van der Waals surface area contributed by atoms with Crippen LogP contribution in [0.2, 0.25) is 5.02 Å². The molecule has 1 aromatic rings. The number of carbonyl (C=O) groups excluding carboxylic acids is 1. The van der Waals surface area contributed by atoms with Crippen LogP contribution < -0.4 is 5.32 Å². The molecule has 28 heavy (non-hydrogen) atoms. The van der Waals surface area contributed by atoms with Crippen LogP contribution >= 0.6 is 11.6 Å². The maximum absolute atomic E-state index is 12.8. The molecule has 2 aliphatic rings. The number of unbranched alkanes of at least 4 members (excludes halogenated alkanes) is 1. The molecule has 0 bridgehead atoms. The Morgan fingerprint density at radius 1 is 1.18 bits per heavy atom. The Bertz CT molecular complexity index is 655. The van der Waals surface area contributed by atoms with Crippen molar-refractivity contribution >= 4 is 17.5 Å². The summed E-state index contributed by atoms with van der Waals surface area (Å²) in [6, 6.07) is 7.91. The van der Waals surface area contributed by atoms with Gasteiger partial charge in [-0.3, -0.25) is 4.79 Å². The van der Waals surface area contributed by atoms with E-state index in [1.54, 1.807) is 0 Å². The van der Waals surface area contributed by atoms with E-state index in [9.17, 15) is 4.79 Å². The minimum Gasteiger partial charge on any atom is -0.459 e. The van der Waals surface area contributed by atoms with Gasteiger partial charge in [-0.2, -0.15) is 0 Å². The highest BCUT2D eigenvalue weighted by Gasteiger charge is 2.29. The lowest BCUT2D eigenvalue weighted by molar-refractivity contribution is -0.147. The van der Waals surface area contributed by atoms with E-state index in [1.165, 1.54) is 6.42 Å². The molecule has 3 rings (SSSR count). The molecule has 1 aliphatic carbocycles. The Kier molecular flexibility index (Phi) is 8.19. The Hall–Kier alpha value is -1.56. The van der Waals surface area contributed by atoms with Crippen molar-refractivity contribution in [3.8, 4) is 0 Å². The van der Waals surface area contributed by atoms with Gasteiger partial charge in [0.15, 0.2) is 5.76 Å². The molecule has 6 heteroatoms. The third-order valence-corrected chi connectivity index (χ3v) is 5.63. The summed E-state index contributed by atoms with van der Waals surface area (Å²) < 4.78 is 11.7. The van der Waals surface area contributed by atoms with Gasteiger partial charge >= 0.3 is 0 Å². The fourth-order valence-electron chi connectivity index (χ4n) is 3.79. The topological polar surface area (TPSA) is 67.8 Å². The first kappa shape index (κ1) is 21.2. The van der Waals surface area contributed by atoms with Crippen LogP contribution in [0.4, 0.5) is 0 Å². The summed E-state index contributed by atoms with van der Waals surface area (Å²) in [6.45, 7) is 0.646. The van der Waals surface area contributed by atoms with Crippen LogP contribution in [0.25, 0.3) is 0 Å². The van der Waals surface area contributed by atoms with Gasteiger partial charge in [0.2, 0.25) is 6.29 Å². The van der Waals surface area contributed by atoms with Crippen LogP contribution in [-0.2, 0) is 14.3 Å². The van der Waals surface area contributed by atoms with E-state index in [0.717, 1.165) is 37.7 Å². The van der Waals surface area contributed by atoms with Crippen molar-refractivity contribution in [2.24, 2.45) is 0 Å². The van der Waals surface area contributed by atoms with Gasteiger partial charge in [-0.25, -0.2) is 0 Å². The van der Waals surface area contributed by atoms with Crippen molar-refractivity contribution < 1.29 is 19.4 Å². The Morgan fingerprint density at radius 3 is 2.64 bits per heavy atom. The van der Waals surface area contributed by atoms with Crippen LogP contribution in [0.5, 0.6) is 0 Å². The summed E-state index contributed by atoms with van der Waals surface area (Å²) in [5, 5.41) is 12.7. The molecule has 1 aliphatic heterocycles. The Morgan fingerprint density at radius 2 is 1.93 bits per heavy atom. The lowest BCUT2D eigenvalue weighted by Crippen LogP contribution is -2.39. The first-order chi connectivity index (χ1) is 13.7. The molecule has 0 saturated heterocycles. The van der Waals surface area contributed by atoms with Crippen LogP contribution in [0.15, 0.2) is 36.1 Å². The first-order valence-corrected chi connectivity index (χ1v) is 10.7. The van der Waals surface area contributed by atoms with Crippen LogP contribution in [-0.4, -0.2) is 36.6 Å². The Labute approximate surface area is 172 Å². The average molecular weight is 408 g/mol. The molecule has 1 fully saturated rings. The summed E-state index contributed by atoms with van der Waals surface area (Å²) in [7, 11) is 0. The zero-order valence-corrected chi connectivity index (χ0v) is 17.0. The molecule has 1 heterocycles. The molecule has 2 N–H and O–H groups in total. The van der Waals surface area contributed by atoms with Gasteiger partial charge in [0, 0.05) is 30.0 Å². The highest BCUT2D eigenvalue weighted by molar-refractivity contribution is 6.30. The summed E-state index contributed by atoms with van der Waals surface area (Å²) in [5.41, 5.74) is 1.08. The number of carbonyl (C=O) groups is 1. The first-order valence-electron chi connectivity index (χ1n) is 10.3. The number of ether oxygens (including phenoxy) is 2. The minimum absolute atomic E-state index is 0.0287. The summed E-state index contributed by atoms with van der Waals surface area (Å²) >= 11 is 6.02. The number of rotatable bonds is 8. The molecule has 0 aromatic heterocycles. The molecule has 0 radical (unpaired) electrons. The second-order valence-corrected chi connectivity index (χ2v) is 8.02. The highest BCUT2D eigenvalue weighted by Crippen LogP contribution is 2.32. The summed E-state index contributed by atoms with van der Waals surface area (Å²) in [4.78, 5) is 12.8. The Balaban J connectivity index is 1.68. The molecule has 5 nitrogen and oxygen atoms in total. The molecule has 1 aromatic carbocycles. The molecular weight excluding hydrogens is 378 g/mol. The standard InChI is InChI=1S/C22H30ClNO4/c23-18-10-8-16(9-11-18)17-14-20(22(26)24-19-6-2-1-3-7-19)28-21(15-17)27-13-5-4-12-25/h8-11,14,17,19,21,25H,1-7,12-13,15H2,(H,24,26)/t17-,21+/m0/s1. The van der Waals surface area contributed by atoms with Crippen LogP contribution in [0.3, 0.4) is 0 Å². The van der Waals surface area contributed by atoms with Crippen molar-refractivity contribution in [1.29, 1.82) is 0 Å². The van der Waals surface area contributed by atoms with E-state index in [-0.39, 0.29) is 24.5 Å². The number of nitrogens with one attached hydrogen (secondary N) is 1. The number of allylic oxidation sites excluding steroid dienone is 1. The number of hydrogen-bond donors (Lipinski definition) is 2. The fourth-order valence-corrected chi connectivity index (χ4v) is 3.92. The van der Waals surface area contributed by atoms with Gasteiger partial charge in [0.25, 0.3) is 5.91 Å². The lowest BCUT2D eigenvalue weighted by Gasteiger charge is -2.30. The zero-order chi connectivity index (χ0) is 19.8. The van der Waals surface area contributed by atoms with Gasteiger partial charge < -0.3 is 19.9 Å². The minimum atomic E-state index is -0.475. The summed E-state index contributed by atoms with van der Waals surface area (Å²) in [5.74, 6) is 0.208. The predicted molar refractivity (Wildman–Crippen MR) is 109 cm³/mol. The number of amides is 1. The van der Waals surface area contributed by atoms with Gasteiger partial charge in [0.1, 0.15) is 0 Å². The van der Waals surface area contributed by atoms with E-state index >= 15 is 0 Å². The van der Waals surface area contributed by atoms with Crippen molar-refractivity contribution in [2.75, 3.05) is 13.2 Å². The predicted octanol–water partition coefficient (Wildman–Crippen LogP) is 4.29. The molecule has 1 saturated carbocycles. The smallest absolute Gasteiger partial charge is 0.286 e. The van der Waals surface area contributed by atoms with Crippen molar-refractivity contribution in [1.82, 2.24) is 5.32 Å². The third kappa shape index (κ3) is 6.23. The average Bonchev–Trinajstić information content (AvgIpc) is 2.72. The second-order valence-electron chi connectivity index (χ2n) is 7.58. The van der Waals surface area contributed by atoms with Crippen molar-refractivity contribution in [2.45, 2.75) is 69.6 Å². The summed E-state index contributed by atoms with van der Waals surface area (Å²) in [6.07, 6.45) is 9.14. The molecule has 0 unspecified atom stereocenters. The number of benzene rings is 1. The maximum Gasteiger partial charge on any atom is 0.286 e. The molecule has 1 amide bonds. The monoisotopic (exact) mass is 407 g/mol. The van der Waals surface area contributed by atoms with Gasteiger partial charge in [-0.05, 0) is 49.5 Å². The van der Waals surface area contributed by atoms with E-state index in [2.05, 4.69) is 5.32 Å².